The van der Waals surface area contributed by atoms with Crippen molar-refractivity contribution >= 4 is 32.6 Å². The van der Waals surface area contributed by atoms with Crippen molar-refractivity contribution in [2.75, 3.05) is 25.9 Å². The average molecular weight is 389 g/mol. The fourth-order valence-corrected chi connectivity index (χ4v) is 6.79. The molecule has 7 nitrogen and oxygen atoms in total. The third kappa shape index (κ3) is 2.57. The van der Waals surface area contributed by atoms with Gasteiger partial charge in [-0.2, -0.15) is 0 Å². The Kier molecular flexibility index (Phi) is 4.06. The highest BCUT2D eigenvalue weighted by Crippen LogP contribution is 2.45. The number of para-hydroxylation sites is 1. The van der Waals surface area contributed by atoms with Crippen molar-refractivity contribution in [1.82, 2.24) is 15.2 Å². The van der Waals surface area contributed by atoms with Gasteiger partial charge in [0, 0.05) is 37.2 Å². The SMILES string of the molecule is CNC(=O)C1CCS(=O)(=O)C12CN(C(=O)Cc1c[nH]c3c(C)cccc13)C2. The number of hydrogen-bond donors (Lipinski definition) is 2. The predicted octanol–water partition coefficient (Wildman–Crippen LogP) is 0.781. The summed E-state index contributed by atoms with van der Waals surface area (Å²) in [5.74, 6) is -0.933. The maximum Gasteiger partial charge on any atom is 0.227 e. The molecule has 0 saturated carbocycles. The van der Waals surface area contributed by atoms with Crippen molar-refractivity contribution in [3.05, 3.63) is 35.5 Å². The van der Waals surface area contributed by atoms with E-state index in [1.165, 1.54) is 7.05 Å². The number of aromatic nitrogens is 1. The number of aryl methyl sites for hydroxylation is 1. The van der Waals surface area contributed by atoms with E-state index in [2.05, 4.69) is 10.3 Å². The molecule has 1 spiro atoms. The van der Waals surface area contributed by atoms with Crippen molar-refractivity contribution in [3.8, 4) is 0 Å². The summed E-state index contributed by atoms with van der Waals surface area (Å²) in [6, 6.07) is 5.94. The maximum absolute atomic E-state index is 12.7. The van der Waals surface area contributed by atoms with Crippen LogP contribution in [0, 0.1) is 12.8 Å². The molecule has 3 heterocycles. The van der Waals surface area contributed by atoms with Gasteiger partial charge in [0.2, 0.25) is 11.8 Å². The van der Waals surface area contributed by atoms with Crippen LogP contribution in [0.1, 0.15) is 17.5 Å². The van der Waals surface area contributed by atoms with Gasteiger partial charge in [-0.15, -0.1) is 0 Å². The van der Waals surface area contributed by atoms with Gasteiger partial charge < -0.3 is 15.2 Å². The highest BCUT2D eigenvalue weighted by atomic mass is 32.2. The average Bonchev–Trinajstić information content (AvgIpc) is 3.12. The molecule has 144 valence electrons. The molecule has 2 fully saturated rings. The first-order chi connectivity index (χ1) is 12.8. The number of carbonyl (C=O) groups is 2. The van der Waals surface area contributed by atoms with Crippen molar-refractivity contribution in [1.29, 1.82) is 0 Å². The molecule has 2 aliphatic rings. The number of H-pyrrole nitrogens is 1. The van der Waals surface area contributed by atoms with Gasteiger partial charge in [-0.25, -0.2) is 8.42 Å². The van der Waals surface area contributed by atoms with Crippen LogP contribution in [-0.4, -0.2) is 60.8 Å². The first-order valence-electron chi connectivity index (χ1n) is 9.06. The van der Waals surface area contributed by atoms with Crippen LogP contribution in [0.4, 0.5) is 0 Å². The molecule has 0 bridgehead atoms. The summed E-state index contributed by atoms with van der Waals surface area (Å²) in [4.78, 5) is 29.6. The zero-order chi connectivity index (χ0) is 19.4. The summed E-state index contributed by atoms with van der Waals surface area (Å²) in [7, 11) is -1.87. The van der Waals surface area contributed by atoms with Gasteiger partial charge in [-0.3, -0.25) is 9.59 Å². The number of likely N-dealkylation sites (tertiary alicyclic amines) is 1. The van der Waals surface area contributed by atoms with E-state index in [1.807, 2.05) is 31.3 Å². The van der Waals surface area contributed by atoms with Crippen LogP contribution in [0.15, 0.2) is 24.4 Å². The van der Waals surface area contributed by atoms with Crippen LogP contribution in [0.2, 0.25) is 0 Å². The highest BCUT2D eigenvalue weighted by molar-refractivity contribution is 7.93. The lowest BCUT2D eigenvalue weighted by atomic mass is 9.82. The minimum atomic E-state index is -3.38. The van der Waals surface area contributed by atoms with Gasteiger partial charge >= 0.3 is 0 Å². The second kappa shape index (κ2) is 6.09. The Balaban J connectivity index is 1.52. The Labute approximate surface area is 158 Å². The fourth-order valence-electron chi connectivity index (χ4n) is 4.48. The van der Waals surface area contributed by atoms with Gasteiger partial charge in [0.25, 0.3) is 0 Å². The molecule has 1 aromatic carbocycles. The maximum atomic E-state index is 12.7. The standard InChI is InChI=1S/C19H23N3O4S/c1-12-4-3-5-14-13(9-21-17(12)14)8-16(23)22-10-19(11-22)15(18(24)20-2)6-7-27(19,25)26/h3-5,9,15,21H,6-8,10-11H2,1-2H3,(H,20,24). The summed E-state index contributed by atoms with van der Waals surface area (Å²) < 4.78 is 24.0. The number of rotatable bonds is 3. The van der Waals surface area contributed by atoms with E-state index in [4.69, 9.17) is 0 Å². The second-order valence-electron chi connectivity index (χ2n) is 7.58. The number of sulfone groups is 1. The molecule has 1 unspecified atom stereocenters. The monoisotopic (exact) mass is 389 g/mol. The minimum Gasteiger partial charge on any atom is -0.361 e. The third-order valence-corrected chi connectivity index (χ3v) is 8.67. The van der Waals surface area contributed by atoms with Crippen LogP contribution < -0.4 is 5.32 Å². The Morgan fingerprint density at radius 1 is 1.33 bits per heavy atom. The predicted molar refractivity (Wildman–Crippen MR) is 102 cm³/mol. The number of fused-ring (bicyclic) bond motifs is 1. The van der Waals surface area contributed by atoms with Crippen molar-refractivity contribution in [3.63, 3.8) is 0 Å². The van der Waals surface area contributed by atoms with Crippen molar-refractivity contribution < 1.29 is 18.0 Å². The molecule has 2 aromatic rings. The van der Waals surface area contributed by atoms with Crippen molar-refractivity contribution in [2.45, 2.75) is 24.5 Å². The molecular weight excluding hydrogens is 366 g/mol. The van der Waals surface area contributed by atoms with E-state index in [9.17, 15) is 18.0 Å². The summed E-state index contributed by atoms with van der Waals surface area (Å²) in [5.41, 5.74) is 3.02. The van der Waals surface area contributed by atoms with Crippen LogP contribution in [-0.2, 0) is 25.8 Å². The second-order valence-corrected chi connectivity index (χ2v) is 10.0. The molecule has 2 saturated heterocycles. The van der Waals surface area contributed by atoms with E-state index in [1.54, 1.807) is 4.90 Å². The van der Waals surface area contributed by atoms with Gasteiger partial charge in [-0.1, -0.05) is 18.2 Å². The molecule has 0 aliphatic carbocycles. The largest absolute Gasteiger partial charge is 0.361 e. The Morgan fingerprint density at radius 3 is 2.78 bits per heavy atom. The van der Waals surface area contributed by atoms with Crippen LogP contribution >= 0.6 is 0 Å². The normalized spacial score (nSPS) is 22.7. The smallest absolute Gasteiger partial charge is 0.227 e. The quantitative estimate of drug-likeness (QED) is 0.810. The van der Waals surface area contributed by atoms with Gasteiger partial charge in [0.1, 0.15) is 4.75 Å². The molecule has 4 rings (SSSR count). The van der Waals surface area contributed by atoms with Crippen molar-refractivity contribution in [2.24, 2.45) is 5.92 Å². The third-order valence-electron chi connectivity index (χ3n) is 6.11. The molecule has 27 heavy (non-hydrogen) atoms. The minimum absolute atomic E-state index is 0.00877. The van der Waals surface area contributed by atoms with E-state index < -0.39 is 20.5 Å². The van der Waals surface area contributed by atoms with Gasteiger partial charge in [0.15, 0.2) is 9.84 Å². The number of aromatic amines is 1. The molecule has 1 atom stereocenters. The Bertz CT molecular complexity index is 1030. The van der Waals surface area contributed by atoms with Gasteiger partial charge in [0.05, 0.1) is 18.1 Å². The molecule has 1 aromatic heterocycles. The van der Waals surface area contributed by atoms with E-state index in [-0.39, 0.29) is 37.1 Å². The molecular formula is C19H23N3O4S. The fraction of sp³-hybridized carbons (Fsp3) is 0.474. The van der Waals surface area contributed by atoms with Gasteiger partial charge in [-0.05, 0) is 24.5 Å². The highest BCUT2D eigenvalue weighted by Gasteiger charge is 2.64. The zero-order valence-electron chi connectivity index (χ0n) is 15.4. The lowest BCUT2D eigenvalue weighted by Crippen LogP contribution is -2.70. The first-order valence-corrected chi connectivity index (χ1v) is 10.7. The summed E-state index contributed by atoms with van der Waals surface area (Å²) >= 11 is 0. The Morgan fingerprint density at radius 2 is 2.07 bits per heavy atom. The number of benzene rings is 1. The lowest BCUT2D eigenvalue weighted by Gasteiger charge is -2.49. The number of nitrogens with one attached hydrogen (secondary N) is 2. The number of nitrogens with zero attached hydrogens (tertiary/aromatic N) is 1. The number of hydrogen-bond acceptors (Lipinski definition) is 4. The molecule has 0 radical (unpaired) electrons. The molecule has 2 aliphatic heterocycles. The zero-order valence-corrected chi connectivity index (χ0v) is 16.2. The van der Waals surface area contributed by atoms with E-state index >= 15 is 0 Å². The first kappa shape index (κ1) is 18.0. The summed E-state index contributed by atoms with van der Waals surface area (Å²) in [6.07, 6.45) is 2.38. The molecule has 2 amide bonds. The summed E-state index contributed by atoms with van der Waals surface area (Å²) in [5, 5.41) is 3.57. The van der Waals surface area contributed by atoms with E-state index in [0.717, 1.165) is 22.0 Å². The topological polar surface area (TPSA) is 99.3 Å². The Hall–Kier alpha value is -2.35. The van der Waals surface area contributed by atoms with Crippen LogP contribution in [0.5, 0.6) is 0 Å². The van der Waals surface area contributed by atoms with E-state index in [0.29, 0.717) is 6.42 Å². The molecule has 8 heteroatoms. The lowest BCUT2D eigenvalue weighted by molar-refractivity contribution is -0.139. The number of carbonyl (C=O) groups excluding carboxylic acids is 2. The molecule has 2 N–H and O–H groups in total. The van der Waals surface area contributed by atoms with Crippen LogP contribution in [0.3, 0.4) is 0 Å². The summed E-state index contributed by atoms with van der Waals surface area (Å²) in [6.45, 7) is 2.22. The number of amides is 2. The van der Waals surface area contributed by atoms with Crippen LogP contribution in [0.25, 0.3) is 10.9 Å².